The van der Waals surface area contributed by atoms with Crippen molar-refractivity contribution in [2.45, 2.75) is 12.5 Å². The van der Waals surface area contributed by atoms with E-state index in [2.05, 4.69) is 6.07 Å². The molecule has 9 nitrogen and oxygen atoms in total. The Balaban J connectivity index is 1.34. The molecule has 0 saturated carbocycles. The summed E-state index contributed by atoms with van der Waals surface area (Å²) in [5.74, 6) is 1.38. The number of benzene rings is 4. The molecule has 0 fully saturated rings. The normalized spacial score (nSPS) is 13.7. The zero-order valence-electron chi connectivity index (χ0n) is 23.6. The molecule has 2 N–H and O–H groups in total. The van der Waals surface area contributed by atoms with Crippen molar-refractivity contribution in [1.29, 1.82) is 5.26 Å². The molecule has 1 unspecified atom stereocenters. The number of fused-ring (bicyclic) bond motifs is 1. The summed E-state index contributed by atoms with van der Waals surface area (Å²) in [6.07, 6.45) is 0. The maximum atomic E-state index is 12.5. The molecule has 4 aromatic rings. The van der Waals surface area contributed by atoms with Gasteiger partial charge in [-0.3, -0.25) is 0 Å². The SMILES string of the molecule is COc1ccc(OCC(=O)Oc2ccc3c(c2)OC(N)=C(C#N)C3c2ccc(OCc3ccc(Cl)cc3Cl)c(OC)c2)cc1. The van der Waals surface area contributed by atoms with Crippen LogP contribution in [0.1, 0.15) is 22.6 Å². The number of ether oxygens (including phenoxy) is 6. The van der Waals surface area contributed by atoms with E-state index in [-0.39, 0.29) is 30.4 Å². The van der Waals surface area contributed by atoms with Crippen molar-refractivity contribution in [2.75, 3.05) is 20.8 Å². The van der Waals surface area contributed by atoms with Gasteiger partial charge in [0.15, 0.2) is 18.1 Å². The highest BCUT2D eigenvalue weighted by Crippen LogP contribution is 2.45. The van der Waals surface area contributed by atoms with E-state index in [0.717, 1.165) is 5.56 Å². The number of halogens is 2. The Labute approximate surface area is 263 Å². The lowest BCUT2D eigenvalue weighted by atomic mass is 9.83. The van der Waals surface area contributed by atoms with Crippen LogP contribution in [0.25, 0.3) is 0 Å². The number of nitriles is 1. The highest BCUT2D eigenvalue weighted by atomic mass is 35.5. The number of esters is 1. The Morgan fingerprint density at radius 3 is 2.34 bits per heavy atom. The quantitative estimate of drug-likeness (QED) is 0.149. The van der Waals surface area contributed by atoms with Gasteiger partial charge in [-0.25, -0.2) is 4.79 Å². The molecular formula is C33H26Cl2N2O7. The van der Waals surface area contributed by atoms with Crippen molar-refractivity contribution in [3.63, 3.8) is 0 Å². The second-order valence-corrected chi connectivity index (χ2v) is 10.3. The number of nitrogens with two attached hydrogens (primary N) is 1. The number of methoxy groups -OCH3 is 2. The van der Waals surface area contributed by atoms with E-state index in [4.69, 9.17) is 57.4 Å². The lowest BCUT2D eigenvalue weighted by Crippen LogP contribution is -2.21. The number of hydrogen-bond donors (Lipinski definition) is 1. The fourth-order valence-corrected chi connectivity index (χ4v) is 5.06. The Hall–Kier alpha value is -5.04. The van der Waals surface area contributed by atoms with Crippen LogP contribution >= 0.6 is 23.2 Å². The summed E-state index contributed by atoms with van der Waals surface area (Å²) in [4.78, 5) is 12.5. The van der Waals surface area contributed by atoms with Crippen molar-refractivity contribution >= 4 is 29.2 Å². The molecule has 0 radical (unpaired) electrons. The topological polar surface area (TPSA) is 122 Å². The standard InChI is InChI=1S/C33H26Cl2N2O7/c1-39-22-6-8-23(9-7-22)41-18-31(38)43-24-10-11-25-29(15-24)44-33(37)26(16-36)32(25)19-4-12-28(30(13-19)40-2)42-17-20-3-5-21(34)14-27(20)35/h3-15,32H,17-18,37H2,1-2H3. The van der Waals surface area contributed by atoms with Crippen LogP contribution in [-0.4, -0.2) is 26.8 Å². The minimum absolute atomic E-state index is 0.0620. The van der Waals surface area contributed by atoms with Gasteiger partial charge in [-0.2, -0.15) is 5.26 Å². The van der Waals surface area contributed by atoms with E-state index in [1.165, 1.54) is 7.11 Å². The maximum Gasteiger partial charge on any atom is 0.349 e. The van der Waals surface area contributed by atoms with E-state index < -0.39 is 11.9 Å². The molecule has 44 heavy (non-hydrogen) atoms. The van der Waals surface area contributed by atoms with Crippen LogP contribution in [0.5, 0.6) is 34.5 Å². The largest absolute Gasteiger partial charge is 0.497 e. The minimum Gasteiger partial charge on any atom is -0.497 e. The summed E-state index contributed by atoms with van der Waals surface area (Å²) in [5, 5.41) is 11.0. The van der Waals surface area contributed by atoms with Gasteiger partial charge in [0.25, 0.3) is 0 Å². The molecule has 5 rings (SSSR count). The Kier molecular flexibility index (Phi) is 9.34. The smallest absolute Gasteiger partial charge is 0.349 e. The van der Waals surface area contributed by atoms with Crippen LogP contribution in [-0.2, 0) is 11.4 Å². The Bertz CT molecular complexity index is 1770. The third kappa shape index (κ3) is 6.78. The van der Waals surface area contributed by atoms with Crippen LogP contribution < -0.4 is 34.2 Å². The summed E-state index contributed by atoms with van der Waals surface area (Å²) in [6.45, 7) is -0.124. The first-order valence-corrected chi connectivity index (χ1v) is 14.0. The first-order valence-electron chi connectivity index (χ1n) is 13.2. The van der Waals surface area contributed by atoms with Crippen LogP contribution in [0.4, 0.5) is 0 Å². The molecule has 0 amide bonds. The van der Waals surface area contributed by atoms with Crippen molar-refractivity contribution in [1.82, 2.24) is 0 Å². The van der Waals surface area contributed by atoms with Gasteiger partial charge >= 0.3 is 5.97 Å². The second-order valence-electron chi connectivity index (χ2n) is 9.50. The molecular weight excluding hydrogens is 607 g/mol. The summed E-state index contributed by atoms with van der Waals surface area (Å²) in [6, 6.07) is 24.3. The van der Waals surface area contributed by atoms with Gasteiger partial charge in [0.05, 0.1) is 20.1 Å². The van der Waals surface area contributed by atoms with Gasteiger partial charge in [-0.1, -0.05) is 41.4 Å². The molecule has 0 spiro atoms. The van der Waals surface area contributed by atoms with Gasteiger partial charge in [-0.15, -0.1) is 0 Å². The zero-order chi connectivity index (χ0) is 31.2. The molecule has 0 aromatic heterocycles. The predicted octanol–water partition coefficient (Wildman–Crippen LogP) is 6.79. The number of rotatable bonds is 10. The highest BCUT2D eigenvalue weighted by Gasteiger charge is 2.32. The van der Waals surface area contributed by atoms with E-state index in [1.807, 2.05) is 6.07 Å². The summed E-state index contributed by atoms with van der Waals surface area (Å²) < 4.78 is 33.4. The minimum atomic E-state index is -0.616. The van der Waals surface area contributed by atoms with E-state index in [0.29, 0.717) is 49.9 Å². The molecule has 1 heterocycles. The van der Waals surface area contributed by atoms with Crippen LogP contribution in [0.2, 0.25) is 10.0 Å². The number of carbonyl (C=O) groups is 1. The van der Waals surface area contributed by atoms with E-state index in [9.17, 15) is 10.1 Å². The molecule has 0 saturated heterocycles. The third-order valence-corrected chi connectivity index (χ3v) is 7.34. The molecule has 1 atom stereocenters. The fraction of sp³-hybridized carbons (Fsp3) is 0.152. The first kappa shape index (κ1) is 30.4. The molecule has 224 valence electrons. The fourth-order valence-electron chi connectivity index (χ4n) is 4.59. The second kappa shape index (κ2) is 13.5. The predicted molar refractivity (Wildman–Crippen MR) is 164 cm³/mol. The van der Waals surface area contributed by atoms with Gasteiger partial charge in [-0.05, 0) is 60.2 Å². The first-order chi connectivity index (χ1) is 21.3. The summed E-state index contributed by atoms with van der Waals surface area (Å²) in [7, 11) is 3.08. The van der Waals surface area contributed by atoms with Crippen molar-refractivity contribution in [3.05, 3.63) is 117 Å². The summed E-state index contributed by atoms with van der Waals surface area (Å²) in [5.41, 5.74) is 8.51. The monoisotopic (exact) mass is 632 g/mol. The highest BCUT2D eigenvalue weighted by molar-refractivity contribution is 6.35. The molecule has 1 aliphatic rings. The molecule has 0 aliphatic carbocycles. The lowest BCUT2D eigenvalue weighted by molar-refractivity contribution is -0.136. The van der Waals surface area contributed by atoms with Gasteiger partial charge < -0.3 is 34.2 Å². The van der Waals surface area contributed by atoms with E-state index >= 15 is 0 Å². The number of allylic oxidation sites excluding steroid dienone is 1. The van der Waals surface area contributed by atoms with Crippen LogP contribution in [0.3, 0.4) is 0 Å². The Morgan fingerprint density at radius 1 is 0.886 bits per heavy atom. The van der Waals surface area contributed by atoms with Gasteiger partial charge in [0.2, 0.25) is 5.88 Å². The van der Waals surface area contributed by atoms with Crippen molar-refractivity contribution in [3.8, 4) is 40.6 Å². The molecule has 0 bridgehead atoms. The van der Waals surface area contributed by atoms with Crippen molar-refractivity contribution < 1.29 is 33.2 Å². The van der Waals surface area contributed by atoms with Gasteiger partial charge in [0.1, 0.15) is 41.2 Å². The molecule has 4 aromatic carbocycles. The average Bonchev–Trinajstić information content (AvgIpc) is 3.03. The zero-order valence-corrected chi connectivity index (χ0v) is 25.1. The average molecular weight is 633 g/mol. The lowest BCUT2D eigenvalue weighted by Gasteiger charge is -2.27. The number of hydrogen-bond acceptors (Lipinski definition) is 9. The van der Waals surface area contributed by atoms with Gasteiger partial charge in [0, 0.05) is 27.2 Å². The third-order valence-electron chi connectivity index (χ3n) is 6.76. The number of nitrogens with zero attached hydrogens (tertiary/aromatic N) is 1. The molecule has 11 heteroatoms. The summed E-state index contributed by atoms with van der Waals surface area (Å²) >= 11 is 12.3. The number of carbonyl (C=O) groups excluding carboxylic acids is 1. The van der Waals surface area contributed by atoms with Crippen LogP contribution in [0.15, 0.2) is 90.3 Å². The maximum absolute atomic E-state index is 12.5. The molecule has 1 aliphatic heterocycles. The Morgan fingerprint density at radius 2 is 1.64 bits per heavy atom. The van der Waals surface area contributed by atoms with Crippen LogP contribution in [0, 0.1) is 11.3 Å². The van der Waals surface area contributed by atoms with Crippen molar-refractivity contribution in [2.24, 2.45) is 5.73 Å². The van der Waals surface area contributed by atoms with E-state index in [1.54, 1.807) is 79.9 Å².